The van der Waals surface area contributed by atoms with Crippen LogP contribution >= 0.6 is 24.0 Å². The molecular weight excluding hydrogens is 541 g/mol. The van der Waals surface area contributed by atoms with E-state index in [0.717, 1.165) is 69.6 Å². The molecule has 0 spiro atoms. The van der Waals surface area contributed by atoms with Gasteiger partial charge in [-0.3, -0.25) is 9.89 Å². The predicted molar refractivity (Wildman–Crippen MR) is 147 cm³/mol. The van der Waals surface area contributed by atoms with Gasteiger partial charge in [0.25, 0.3) is 0 Å². The van der Waals surface area contributed by atoms with Gasteiger partial charge in [-0.25, -0.2) is 4.98 Å². The van der Waals surface area contributed by atoms with Crippen LogP contribution in [0.1, 0.15) is 22.4 Å². The minimum atomic E-state index is 0. The van der Waals surface area contributed by atoms with Crippen molar-refractivity contribution in [2.75, 3.05) is 39.9 Å². The smallest absolute Gasteiger partial charge is 0.226 e. The summed E-state index contributed by atoms with van der Waals surface area (Å²) in [4.78, 5) is 11.4. The van der Waals surface area contributed by atoms with E-state index in [0.29, 0.717) is 5.89 Å². The fourth-order valence-corrected chi connectivity index (χ4v) is 3.84. The van der Waals surface area contributed by atoms with Gasteiger partial charge in [0, 0.05) is 51.8 Å². The third-order valence-electron chi connectivity index (χ3n) is 5.81. The van der Waals surface area contributed by atoms with Gasteiger partial charge < -0.3 is 19.8 Å². The monoisotopic (exact) mass is 575 g/mol. The van der Waals surface area contributed by atoms with Crippen LogP contribution in [0.5, 0.6) is 0 Å². The summed E-state index contributed by atoms with van der Waals surface area (Å²) in [5.74, 6) is 1.43. The average molecular weight is 575 g/mol. The second-order valence-corrected chi connectivity index (χ2v) is 8.27. The summed E-state index contributed by atoms with van der Waals surface area (Å²) in [6.07, 6.45) is 2.48. The molecule has 1 aliphatic rings. The number of guanidine groups is 1. The van der Waals surface area contributed by atoms with Crippen LogP contribution in [0, 0.1) is 6.92 Å². The molecule has 8 heteroatoms. The summed E-state index contributed by atoms with van der Waals surface area (Å²) >= 11 is 0. The molecule has 4 rings (SSSR count). The molecule has 1 aliphatic heterocycles. The number of hydrogen-bond donors (Lipinski definition) is 2. The number of nitrogens with one attached hydrogen (secondary N) is 2. The first-order valence-corrected chi connectivity index (χ1v) is 11.5. The van der Waals surface area contributed by atoms with Gasteiger partial charge in [-0.05, 0) is 30.2 Å². The summed E-state index contributed by atoms with van der Waals surface area (Å²) in [5.41, 5.74) is 5.76. The Kier molecular flexibility index (Phi) is 10.4. The molecule has 34 heavy (non-hydrogen) atoms. The van der Waals surface area contributed by atoms with Crippen LogP contribution in [-0.4, -0.2) is 55.7 Å². The molecule has 2 N–H and O–H groups in total. The molecule has 0 bridgehead atoms. The number of aryl methyl sites for hydroxylation is 1. The number of oxazole rings is 1. The zero-order valence-corrected chi connectivity index (χ0v) is 22.2. The van der Waals surface area contributed by atoms with Crippen LogP contribution in [0.4, 0.5) is 0 Å². The van der Waals surface area contributed by atoms with Gasteiger partial charge in [0.05, 0.1) is 18.9 Å². The summed E-state index contributed by atoms with van der Waals surface area (Å²) in [6.45, 7) is 8.06. The molecular formula is C26H34IN5O2. The number of aliphatic imine (C=N–C) groups is 1. The Balaban J connectivity index is 0.00000324. The highest BCUT2D eigenvalue weighted by atomic mass is 127. The van der Waals surface area contributed by atoms with Crippen LogP contribution in [0.3, 0.4) is 0 Å². The lowest BCUT2D eigenvalue weighted by Crippen LogP contribution is -2.38. The molecule has 1 aromatic heterocycles. The maximum Gasteiger partial charge on any atom is 0.226 e. The zero-order valence-electron chi connectivity index (χ0n) is 19.9. The molecule has 2 heterocycles. The van der Waals surface area contributed by atoms with Crippen LogP contribution in [-0.2, 0) is 24.2 Å². The number of benzene rings is 2. The van der Waals surface area contributed by atoms with Gasteiger partial charge in [0.2, 0.25) is 5.89 Å². The Morgan fingerprint density at radius 1 is 1.03 bits per heavy atom. The lowest BCUT2D eigenvalue weighted by molar-refractivity contribution is 0.0341. The molecule has 7 nitrogen and oxygen atoms in total. The van der Waals surface area contributed by atoms with Gasteiger partial charge >= 0.3 is 0 Å². The fraction of sp³-hybridized carbons (Fsp3) is 0.385. The Hall–Kier alpha value is -2.43. The third kappa shape index (κ3) is 7.54. The number of aromatic nitrogens is 1. The molecule has 0 atom stereocenters. The SMILES string of the molecule is CN=C(NCCc1coc(-c2ccc(C)cc2)n1)NCc1ccccc1CN1CCOCC1.I. The third-order valence-corrected chi connectivity index (χ3v) is 5.81. The van der Waals surface area contributed by atoms with Crippen molar-refractivity contribution in [1.82, 2.24) is 20.5 Å². The molecule has 0 radical (unpaired) electrons. The zero-order chi connectivity index (χ0) is 22.9. The Morgan fingerprint density at radius 2 is 1.76 bits per heavy atom. The van der Waals surface area contributed by atoms with Crippen molar-refractivity contribution in [3.05, 3.63) is 77.2 Å². The van der Waals surface area contributed by atoms with Crippen LogP contribution < -0.4 is 10.6 Å². The molecule has 2 aromatic carbocycles. The van der Waals surface area contributed by atoms with E-state index in [4.69, 9.17) is 9.15 Å². The van der Waals surface area contributed by atoms with E-state index in [9.17, 15) is 0 Å². The number of halogens is 1. The van der Waals surface area contributed by atoms with Crippen LogP contribution in [0.15, 0.2) is 64.2 Å². The van der Waals surface area contributed by atoms with Crippen molar-refractivity contribution in [1.29, 1.82) is 0 Å². The Labute approximate surface area is 219 Å². The van der Waals surface area contributed by atoms with Gasteiger partial charge in [-0.2, -0.15) is 0 Å². The number of rotatable bonds is 8. The van der Waals surface area contributed by atoms with Gasteiger partial charge in [-0.15, -0.1) is 24.0 Å². The van der Waals surface area contributed by atoms with Gasteiger partial charge in [0.15, 0.2) is 5.96 Å². The Morgan fingerprint density at radius 3 is 2.50 bits per heavy atom. The number of hydrogen-bond acceptors (Lipinski definition) is 5. The molecule has 1 saturated heterocycles. The summed E-state index contributed by atoms with van der Waals surface area (Å²) in [5, 5.41) is 6.81. The molecule has 1 fully saturated rings. The number of morpholine rings is 1. The minimum absolute atomic E-state index is 0. The lowest BCUT2D eigenvalue weighted by atomic mass is 10.1. The molecule has 3 aromatic rings. The van der Waals surface area contributed by atoms with Crippen molar-refractivity contribution in [3.8, 4) is 11.5 Å². The first-order chi connectivity index (χ1) is 16.2. The quantitative estimate of drug-likeness (QED) is 0.240. The maximum absolute atomic E-state index is 5.66. The predicted octanol–water partition coefficient (Wildman–Crippen LogP) is 4.01. The first-order valence-electron chi connectivity index (χ1n) is 11.5. The normalized spacial score (nSPS) is 14.5. The minimum Gasteiger partial charge on any atom is -0.444 e. The summed E-state index contributed by atoms with van der Waals surface area (Å²) in [7, 11) is 1.79. The van der Waals surface area contributed by atoms with E-state index in [2.05, 4.69) is 68.8 Å². The van der Waals surface area contributed by atoms with Crippen molar-refractivity contribution < 1.29 is 9.15 Å². The highest BCUT2D eigenvalue weighted by molar-refractivity contribution is 14.0. The van der Waals surface area contributed by atoms with E-state index in [1.807, 2.05) is 12.1 Å². The summed E-state index contributed by atoms with van der Waals surface area (Å²) < 4.78 is 11.1. The van der Waals surface area contributed by atoms with Crippen LogP contribution in [0.2, 0.25) is 0 Å². The van der Waals surface area contributed by atoms with Crippen molar-refractivity contribution in [2.45, 2.75) is 26.4 Å². The van der Waals surface area contributed by atoms with Crippen molar-refractivity contribution in [2.24, 2.45) is 4.99 Å². The molecule has 182 valence electrons. The van der Waals surface area contributed by atoms with Gasteiger partial charge in [-0.1, -0.05) is 42.0 Å². The Bertz CT molecular complexity index is 1050. The number of nitrogens with zero attached hydrogens (tertiary/aromatic N) is 3. The van der Waals surface area contributed by atoms with Crippen LogP contribution in [0.25, 0.3) is 11.5 Å². The lowest BCUT2D eigenvalue weighted by Gasteiger charge is -2.27. The standard InChI is InChI=1S/C26H33N5O2.HI/c1-20-7-9-21(10-8-20)25-30-24(19-33-25)11-12-28-26(27-2)29-17-22-5-3-4-6-23(22)18-31-13-15-32-16-14-31;/h3-10,19H,11-18H2,1-2H3,(H2,27,28,29);1H. The van der Waals surface area contributed by atoms with Gasteiger partial charge in [0.1, 0.15) is 6.26 Å². The first kappa shape index (κ1) is 26.2. The van der Waals surface area contributed by atoms with Crippen molar-refractivity contribution in [3.63, 3.8) is 0 Å². The highest BCUT2D eigenvalue weighted by Crippen LogP contribution is 2.19. The molecule has 0 aliphatic carbocycles. The van der Waals surface area contributed by atoms with E-state index < -0.39 is 0 Å². The van der Waals surface area contributed by atoms with E-state index in [1.165, 1.54) is 16.7 Å². The van der Waals surface area contributed by atoms with E-state index >= 15 is 0 Å². The molecule has 0 unspecified atom stereocenters. The van der Waals surface area contributed by atoms with Crippen molar-refractivity contribution >= 4 is 29.9 Å². The average Bonchev–Trinajstić information content (AvgIpc) is 3.32. The fourth-order valence-electron chi connectivity index (χ4n) is 3.84. The maximum atomic E-state index is 5.66. The molecule has 0 amide bonds. The van der Waals surface area contributed by atoms with E-state index in [1.54, 1.807) is 13.3 Å². The second kappa shape index (κ2) is 13.5. The molecule has 0 saturated carbocycles. The number of ether oxygens (including phenoxy) is 1. The topological polar surface area (TPSA) is 74.9 Å². The largest absolute Gasteiger partial charge is 0.444 e. The van der Waals surface area contributed by atoms with E-state index in [-0.39, 0.29) is 24.0 Å². The highest BCUT2D eigenvalue weighted by Gasteiger charge is 2.13. The second-order valence-electron chi connectivity index (χ2n) is 8.27. The summed E-state index contributed by atoms with van der Waals surface area (Å²) in [6, 6.07) is 16.8.